The average Bonchev–Trinajstić information content (AvgIpc) is 3.03. The molecular weight excluding hydrogens is 550 g/mol. The van der Waals surface area contributed by atoms with Crippen LogP contribution in [0.25, 0.3) is 0 Å². The molecular formula is C42H79NO2. The summed E-state index contributed by atoms with van der Waals surface area (Å²) in [6.07, 6.45) is 49.5. The first kappa shape index (κ1) is 43.8. The minimum absolute atomic E-state index is 0.0588. The Labute approximate surface area is 283 Å². The van der Waals surface area contributed by atoms with Crippen LogP contribution in [0, 0.1) is 0 Å². The predicted molar refractivity (Wildman–Crippen MR) is 202 cm³/mol. The summed E-state index contributed by atoms with van der Waals surface area (Å²) in [4.78, 5) is 2.27. The fourth-order valence-corrected chi connectivity index (χ4v) is 5.27. The third kappa shape index (κ3) is 32.6. The fraction of sp³-hybridized carbons (Fsp3) is 0.810. The van der Waals surface area contributed by atoms with Gasteiger partial charge in [-0.1, -0.05) is 140 Å². The molecule has 0 rings (SSSR count). The lowest BCUT2D eigenvalue weighted by Gasteiger charge is -2.36. The first-order valence-corrected chi connectivity index (χ1v) is 19.5. The summed E-state index contributed by atoms with van der Waals surface area (Å²) in [7, 11) is 4.29. The van der Waals surface area contributed by atoms with Gasteiger partial charge in [-0.3, -0.25) is 4.90 Å². The predicted octanol–water partition coefficient (Wildman–Crippen LogP) is 13.0. The molecule has 3 heteroatoms. The van der Waals surface area contributed by atoms with Crippen LogP contribution in [0.5, 0.6) is 0 Å². The van der Waals surface area contributed by atoms with Gasteiger partial charge in [0.2, 0.25) is 0 Å². The molecule has 0 aromatic rings. The lowest BCUT2D eigenvalue weighted by atomic mass is 10.0. The van der Waals surface area contributed by atoms with Crippen LogP contribution in [0.3, 0.4) is 0 Å². The molecule has 0 amide bonds. The van der Waals surface area contributed by atoms with E-state index in [9.17, 15) is 0 Å². The van der Waals surface area contributed by atoms with E-state index in [1.165, 1.54) is 141 Å². The lowest BCUT2D eigenvalue weighted by Crippen LogP contribution is -2.49. The van der Waals surface area contributed by atoms with Crippen LogP contribution in [0.4, 0.5) is 0 Å². The van der Waals surface area contributed by atoms with Crippen molar-refractivity contribution in [3.8, 4) is 0 Å². The SMILES string of the molecule is CCCCC/C=C\C/C=C\CCCCCCCCOCC(C)(COCCCCCCCC/C=C\C/C=C\CCCCC)N(C)C. The van der Waals surface area contributed by atoms with Gasteiger partial charge in [-0.25, -0.2) is 0 Å². The standard InChI is InChI=1S/C42H79NO2/c1-6-8-10-12-14-16-18-20-22-24-26-28-30-32-34-36-38-44-40-42(3,43(4)5)41-45-39-37-35-33-31-29-27-25-23-21-19-17-15-13-11-9-7-2/h14-17,20-23H,6-13,18-19,24-41H2,1-5H3/b16-14-,17-15-,22-20-,23-21-. The number of allylic oxidation sites excluding steroid dienone is 8. The van der Waals surface area contributed by atoms with Crippen LogP contribution in [-0.4, -0.2) is 51.0 Å². The number of rotatable bonds is 35. The van der Waals surface area contributed by atoms with E-state index >= 15 is 0 Å². The van der Waals surface area contributed by atoms with Crippen molar-refractivity contribution >= 4 is 0 Å². The maximum atomic E-state index is 6.12. The Morgan fingerprint density at radius 2 is 0.733 bits per heavy atom. The van der Waals surface area contributed by atoms with Crippen LogP contribution in [0.15, 0.2) is 48.6 Å². The van der Waals surface area contributed by atoms with Crippen molar-refractivity contribution in [1.29, 1.82) is 0 Å². The molecule has 0 atom stereocenters. The number of unbranched alkanes of at least 4 members (excludes halogenated alkanes) is 18. The Bertz CT molecular complexity index is 641. The van der Waals surface area contributed by atoms with Gasteiger partial charge < -0.3 is 9.47 Å². The first-order chi connectivity index (χ1) is 22.1. The molecule has 3 nitrogen and oxygen atoms in total. The monoisotopic (exact) mass is 630 g/mol. The van der Waals surface area contributed by atoms with Gasteiger partial charge in [-0.2, -0.15) is 0 Å². The van der Waals surface area contributed by atoms with E-state index in [0.29, 0.717) is 0 Å². The third-order valence-electron chi connectivity index (χ3n) is 8.88. The Hall–Kier alpha value is -1.16. The number of nitrogens with zero attached hydrogens (tertiary/aromatic N) is 1. The number of hydrogen-bond acceptors (Lipinski definition) is 3. The molecule has 264 valence electrons. The molecule has 0 spiro atoms. The second-order valence-electron chi connectivity index (χ2n) is 13.7. The Balaban J connectivity index is 3.61. The zero-order chi connectivity index (χ0) is 32.9. The van der Waals surface area contributed by atoms with E-state index in [4.69, 9.17) is 9.47 Å². The summed E-state index contributed by atoms with van der Waals surface area (Å²) in [6, 6.07) is 0. The van der Waals surface area contributed by atoms with Gasteiger partial charge in [-0.05, 0) is 98.1 Å². The van der Waals surface area contributed by atoms with Gasteiger partial charge in [0.05, 0.1) is 18.8 Å². The number of hydrogen-bond donors (Lipinski definition) is 0. The number of ether oxygens (including phenoxy) is 2. The summed E-state index contributed by atoms with van der Waals surface area (Å²) < 4.78 is 12.2. The zero-order valence-electron chi connectivity index (χ0n) is 31.2. The van der Waals surface area contributed by atoms with Gasteiger partial charge >= 0.3 is 0 Å². The van der Waals surface area contributed by atoms with Crippen molar-refractivity contribution in [1.82, 2.24) is 4.90 Å². The van der Waals surface area contributed by atoms with Crippen LogP contribution in [-0.2, 0) is 9.47 Å². The molecule has 0 aliphatic carbocycles. The molecule has 0 fully saturated rings. The normalized spacial score (nSPS) is 12.8. The van der Waals surface area contributed by atoms with Crippen LogP contribution >= 0.6 is 0 Å². The third-order valence-corrected chi connectivity index (χ3v) is 8.88. The second kappa shape index (κ2) is 35.7. The summed E-state index contributed by atoms with van der Waals surface area (Å²) >= 11 is 0. The van der Waals surface area contributed by atoms with E-state index in [1.807, 2.05) is 0 Å². The number of likely N-dealkylation sites (N-methyl/N-ethyl adjacent to an activating group) is 1. The van der Waals surface area contributed by atoms with Crippen LogP contribution < -0.4 is 0 Å². The van der Waals surface area contributed by atoms with Crippen LogP contribution in [0.1, 0.15) is 175 Å². The van der Waals surface area contributed by atoms with Crippen molar-refractivity contribution in [2.75, 3.05) is 40.5 Å². The highest BCUT2D eigenvalue weighted by molar-refractivity contribution is 4.93. The smallest absolute Gasteiger partial charge is 0.0670 e. The van der Waals surface area contributed by atoms with Gasteiger partial charge in [0.15, 0.2) is 0 Å². The van der Waals surface area contributed by atoms with Crippen molar-refractivity contribution in [3.05, 3.63) is 48.6 Å². The van der Waals surface area contributed by atoms with Gasteiger partial charge in [-0.15, -0.1) is 0 Å². The molecule has 45 heavy (non-hydrogen) atoms. The van der Waals surface area contributed by atoms with E-state index in [1.54, 1.807) is 0 Å². The summed E-state index contributed by atoms with van der Waals surface area (Å²) in [6.45, 7) is 10.0. The summed E-state index contributed by atoms with van der Waals surface area (Å²) in [5.41, 5.74) is -0.0588. The highest BCUT2D eigenvalue weighted by Gasteiger charge is 2.27. The quantitative estimate of drug-likeness (QED) is 0.0514. The summed E-state index contributed by atoms with van der Waals surface area (Å²) in [5.74, 6) is 0. The van der Waals surface area contributed by atoms with Crippen molar-refractivity contribution in [2.24, 2.45) is 0 Å². The Kier molecular flexibility index (Phi) is 34.8. The molecule has 0 saturated heterocycles. The molecule has 0 radical (unpaired) electrons. The average molecular weight is 630 g/mol. The Morgan fingerprint density at radius 3 is 1.07 bits per heavy atom. The van der Waals surface area contributed by atoms with Crippen LogP contribution in [0.2, 0.25) is 0 Å². The highest BCUT2D eigenvalue weighted by atomic mass is 16.5. The van der Waals surface area contributed by atoms with Gasteiger partial charge in [0, 0.05) is 13.2 Å². The van der Waals surface area contributed by atoms with Crippen molar-refractivity contribution in [3.63, 3.8) is 0 Å². The minimum Gasteiger partial charge on any atom is -0.379 e. The van der Waals surface area contributed by atoms with E-state index in [0.717, 1.165) is 39.3 Å². The topological polar surface area (TPSA) is 21.7 Å². The molecule has 0 aromatic heterocycles. The molecule has 0 unspecified atom stereocenters. The Morgan fingerprint density at radius 1 is 0.422 bits per heavy atom. The fourth-order valence-electron chi connectivity index (χ4n) is 5.27. The first-order valence-electron chi connectivity index (χ1n) is 19.5. The van der Waals surface area contributed by atoms with E-state index < -0.39 is 0 Å². The molecule has 0 saturated carbocycles. The summed E-state index contributed by atoms with van der Waals surface area (Å²) in [5, 5.41) is 0. The highest BCUT2D eigenvalue weighted by Crippen LogP contribution is 2.15. The van der Waals surface area contributed by atoms with Gasteiger partial charge in [0.1, 0.15) is 0 Å². The second-order valence-corrected chi connectivity index (χ2v) is 13.7. The zero-order valence-corrected chi connectivity index (χ0v) is 31.2. The van der Waals surface area contributed by atoms with Crippen molar-refractivity contribution < 1.29 is 9.47 Å². The van der Waals surface area contributed by atoms with E-state index in [2.05, 4.69) is 88.4 Å². The minimum atomic E-state index is -0.0588. The van der Waals surface area contributed by atoms with Crippen molar-refractivity contribution in [2.45, 2.75) is 180 Å². The maximum Gasteiger partial charge on any atom is 0.0670 e. The van der Waals surface area contributed by atoms with E-state index in [-0.39, 0.29) is 5.54 Å². The molecule has 0 heterocycles. The maximum absolute atomic E-state index is 6.12. The molecule has 0 aliphatic rings. The largest absolute Gasteiger partial charge is 0.379 e. The van der Waals surface area contributed by atoms with Gasteiger partial charge in [0.25, 0.3) is 0 Å². The molecule has 0 N–H and O–H groups in total. The molecule has 0 bridgehead atoms. The molecule has 0 aromatic carbocycles. The molecule has 0 aliphatic heterocycles. The lowest BCUT2D eigenvalue weighted by molar-refractivity contribution is -0.0336.